The van der Waals surface area contributed by atoms with Crippen molar-refractivity contribution in [3.8, 4) is 5.82 Å². The van der Waals surface area contributed by atoms with E-state index in [-0.39, 0.29) is 17.5 Å². The van der Waals surface area contributed by atoms with E-state index < -0.39 is 17.7 Å². The quantitative estimate of drug-likeness (QED) is 0.693. The molecule has 0 fully saturated rings. The molecule has 0 saturated carbocycles. The molecule has 0 radical (unpaired) electrons. The fourth-order valence-corrected chi connectivity index (χ4v) is 3.45. The molecule has 0 unspecified atom stereocenters. The third-order valence-electron chi connectivity index (χ3n) is 4.55. The summed E-state index contributed by atoms with van der Waals surface area (Å²) in [5.74, 6) is -0.176. The molecule has 1 N–H and O–H groups in total. The highest BCUT2D eigenvalue weighted by Crippen LogP contribution is 2.41. The second kappa shape index (κ2) is 6.59. The maximum Gasteiger partial charge on any atom is 0.416 e. The summed E-state index contributed by atoms with van der Waals surface area (Å²) in [4.78, 5) is 12.3. The van der Waals surface area contributed by atoms with E-state index in [1.165, 1.54) is 16.8 Å². The summed E-state index contributed by atoms with van der Waals surface area (Å²) in [5, 5.41) is 15.1. The van der Waals surface area contributed by atoms with Crippen LogP contribution in [0.4, 0.5) is 19.0 Å². The third kappa shape index (κ3) is 3.22. The molecule has 3 heterocycles. The van der Waals surface area contributed by atoms with E-state index in [0.29, 0.717) is 28.5 Å². The van der Waals surface area contributed by atoms with Crippen molar-refractivity contribution in [3.63, 3.8) is 0 Å². The molecule has 1 aromatic carbocycles. The van der Waals surface area contributed by atoms with Gasteiger partial charge in [-0.05, 0) is 30.7 Å². The van der Waals surface area contributed by atoms with Gasteiger partial charge in [0.1, 0.15) is 5.82 Å². The van der Waals surface area contributed by atoms with Crippen LogP contribution in [0.2, 0.25) is 5.15 Å². The van der Waals surface area contributed by atoms with Gasteiger partial charge in [0.05, 0.1) is 11.3 Å². The van der Waals surface area contributed by atoms with Gasteiger partial charge < -0.3 is 5.32 Å². The first-order valence-electron chi connectivity index (χ1n) is 8.30. The zero-order chi connectivity index (χ0) is 20.1. The van der Waals surface area contributed by atoms with Crippen LogP contribution in [0.15, 0.2) is 36.4 Å². The maximum atomic E-state index is 13.1. The lowest BCUT2D eigenvalue weighted by Gasteiger charge is -2.24. The lowest BCUT2D eigenvalue weighted by molar-refractivity contribution is -0.137. The van der Waals surface area contributed by atoms with Crippen molar-refractivity contribution in [1.82, 2.24) is 20.0 Å². The molecule has 2 aromatic heterocycles. The standard InChI is InChI=1S/C18H13ClF3N5O/c1-9-16-12(10-3-2-4-11(7-10)18(20,21)22)8-15(28)23-17(16)27(26-9)14-6-5-13(19)24-25-14/h2-7,12H,8H2,1H3,(H,23,28)/t12-/m1/s1. The van der Waals surface area contributed by atoms with Crippen LogP contribution >= 0.6 is 11.6 Å². The van der Waals surface area contributed by atoms with Crippen LogP contribution in [-0.4, -0.2) is 25.9 Å². The molecule has 4 rings (SSSR count). The molecule has 0 bridgehead atoms. The number of benzene rings is 1. The van der Waals surface area contributed by atoms with E-state index in [2.05, 4.69) is 20.6 Å². The van der Waals surface area contributed by atoms with Crippen LogP contribution < -0.4 is 5.32 Å². The maximum absolute atomic E-state index is 13.1. The molecule has 0 spiro atoms. The summed E-state index contributed by atoms with van der Waals surface area (Å²) < 4.78 is 40.8. The van der Waals surface area contributed by atoms with E-state index in [1.807, 2.05) is 0 Å². The number of hydrogen-bond donors (Lipinski definition) is 1. The Morgan fingerprint density at radius 3 is 2.68 bits per heavy atom. The number of amides is 1. The minimum Gasteiger partial charge on any atom is -0.310 e. The highest BCUT2D eigenvalue weighted by atomic mass is 35.5. The number of aromatic nitrogens is 4. The fraction of sp³-hybridized carbons (Fsp3) is 0.222. The Balaban J connectivity index is 1.84. The van der Waals surface area contributed by atoms with Gasteiger partial charge in [0.25, 0.3) is 0 Å². The molecular weight excluding hydrogens is 395 g/mol. The van der Waals surface area contributed by atoms with Gasteiger partial charge in [-0.3, -0.25) is 4.79 Å². The van der Waals surface area contributed by atoms with E-state index in [0.717, 1.165) is 12.1 Å². The Morgan fingerprint density at radius 1 is 1.21 bits per heavy atom. The van der Waals surface area contributed by atoms with Crippen molar-refractivity contribution in [2.45, 2.75) is 25.4 Å². The topological polar surface area (TPSA) is 72.7 Å². The van der Waals surface area contributed by atoms with Crippen LogP contribution in [0, 0.1) is 6.92 Å². The summed E-state index contributed by atoms with van der Waals surface area (Å²) in [7, 11) is 0. The average Bonchev–Trinajstić information content (AvgIpc) is 2.97. The van der Waals surface area contributed by atoms with Crippen molar-refractivity contribution >= 4 is 23.3 Å². The van der Waals surface area contributed by atoms with Gasteiger partial charge in [-0.25, -0.2) is 0 Å². The SMILES string of the molecule is Cc1nn(-c2ccc(Cl)nn2)c2c1[C@@H](c1cccc(C(F)(F)F)c1)CC(=O)N2. The van der Waals surface area contributed by atoms with E-state index in [4.69, 9.17) is 11.6 Å². The van der Waals surface area contributed by atoms with Crippen molar-refractivity contribution < 1.29 is 18.0 Å². The number of nitrogens with zero attached hydrogens (tertiary/aromatic N) is 4. The van der Waals surface area contributed by atoms with E-state index in [9.17, 15) is 18.0 Å². The lowest BCUT2D eigenvalue weighted by atomic mass is 9.85. The Kier molecular flexibility index (Phi) is 4.34. The summed E-state index contributed by atoms with van der Waals surface area (Å²) in [6.45, 7) is 1.73. The normalized spacial score (nSPS) is 16.6. The van der Waals surface area contributed by atoms with Gasteiger partial charge in [0.15, 0.2) is 11.0 Å². The fourth-order valence-electron chi connectivity index (χ4n) is 3.35. The van der Waals surface area contributed by atoms with Crippen molar-refractivity contribution in [2.24, 2.45) is 0 Å². The van der Waals surface area contributed by atoms with Crippen molar-refractivity contribution in [3.05, 3.63) is 63.9 Å². The van der Waals surface area contributed by atoms with Crippen LogP contribution in [0.3, 0.4) is 0 Å². The number of halogens is 4. The Morgan fingerprint density at radius 2 is 2.00 bits per heavy atom. The first-order valence-corrected chi connectivity index (χ1v) is 8.68. The number of rotatable bonds is 2. The summed E-state index contributed by atoms with van der Waals surface area (Å²) in [6.07, 6.45) is -4.44. The third-order valence-corrected chi connectivity index (χ3v) is 4.76. The highest BCUT2D eigenvalue weighted by Gasteiger charge is 2.35. The number of nitrogens with one attached hydrogen (secondary N) is 1. The summed E-state index contributed by atoms with van der Waals surface area (Å²) in [6, 6.07) is 8.12. The molecule has 0 aliphatic carbocycles. The minimum absolute atomic E-state index is 0.0210. The van der Waals surface area contributed by atoms with E-state index >= 15 is 0 Å². The highest BCUT2D eigenvalue weighted by molar-refractivity contribution is 6.29. The van der Waals surface area contributed by atoms with Gasteiger partial charge in [0.2, 0.25) is 5.91 Å². The first-order chi connectivity index (χ1) is 13.2. The smallest absolute Gasteiger partial charge is 0.310 e. The van der Waals surface area contributed by atoms with Gasteiger partial charge in [-0.2, -0.15) is 23.0 Å². The molecule has 1 aliphatic rings. The van der Waals surface area contributed by atoms with Gasteiger partial charge >= 0.3 is 6.18 Å². The Bertz CT molecular complexity index is 1060. The lowest BCUT2D eigenvalue weighted by Crippen LogP contribution is -2.25. The van der Waals surface area contributed by atoms with E-state index in [1.54, 1.807) is 19.1 Å². The Labute approximate surface area is 162 Å². The van der Waals surface area contributed by atoms with Crippen LogP contribution in [0.25, 0.3) is 5.82 Å². The number of anilines is 1. The predicted molar refractivity (Wildman–Crippen MR) is 95.4 cm³/mol. The first kappa shape index (κ1) is 18.4. The van der Waals surface area contributed by atoms with Gasteiger partial charge in [0, 0.05) is 17.9 Å². The molecule has 3 aromatic rings. The second-order valence-electron chi connectivity index (χ2n) is 6.40. The Hall–Kier alpha value is -2.94. The zero-order valence-corrected chi connectivity index (χ0v) is 15.2. The molecule has 1 atom stereocenters. The summed E-state index contributed by atoms with van der Waals surface area (Å²) in [5.41, 5.74) is 0.867. The van der Waals surface area contributed by atoms with Crippen LogP contribution in [-0.2, 0) is 11.0 Å². The molecule has 28 heavy (non-hydrogen) atoms. The molecule has 6 nitrogen and oxygen atoms in total. The number of hydrogen-bond acceptors (Lipinski definition) is 4. The van der Waals surface area contributed by atoms with Crippen LogP contribution in [0.1, 0.15) is 34.7 Å². The second-order valence-corrected chi connectivity index (χ2v) is 6.79. The molecule has 0 saturated heterocycles. The number of alkyl halides is 3. The number of aryl methyl sites for hydroxylation is 1. The number of fused-ring (bicyclic) bond motifs is 1. The molecule has 1 amide bonds. The van der Waals surface area contributed by atoms with Crippen LogP contribution in [0.5, 0.6) is 0 Å². The molecule has 144 valence electrons. The minimum atomic E-state index is -4.46. The summed E-state index contributed by atoms with van der Waals surface area (Å²) >= 11 is 5.76. The van der Waals surface area contributed by atoms with Crippen molar-refractivity contribution in [1.29, 1.82) is 0 Å². The number of carbonyl (C=O) groups excluding carboxylic acids is 1. The van der Waals surface area contributed by atoms with Crippen molar-refractivity contribution in [2.75, 3.05) is 5.32 Å². The average molecular weight is 408 g/mol. The molecule has 1 aliphatic heterocycles. The largest absolute Gasteiger partial charge is 0.416 e. The van der Waals surface area contributed by atoms with Gasteiger partial charge in [-0.1, -0.05) is 29.8 Å². The van der Waals surface area contributed by atoms with Gasteiger partial charge in [-0.15, -0.1) is 10.2 Å². The monoisotopic (exact) mass is 407 g/mol. The zero-order valence-electron chi connectivity index (χ0n) is 14.5. The number of carbonyl (C=O) groups is 1. The molecular formula is C18H13ClF3N5O. The molecule has 10 heteroatoms. The predicted octanol–water partition coefficient (Wildman–Crippen LogP) is 4.12.